The third kappa shape index (κ3) is 11.5. The number of rotatable bonds is 13. The van der Waals surface area contributed by atoms with Crippen LogP contribution in [0.25, 0.3) is 0 Å². The number of carbonyl (C=O) groups excluding carboxylic acids is 1. The summed E-state index contributed by atoms with van der Waals surface area (Å²) in [6, 6.07) is 10.3. The fourth-order valence-electron chi connectivity index (χ4n) is 3.21. The van der Waals surface area contributed by atoms with Crippen molar-refractivity contribution in [3.05, 3.63) is 53.6 Å². The summed E-state index contributed by atoms with van der Waals surface area (Å²) in [5.74, 6) is -1.25. The quantitative estimate of drug-likeness (QED) is 0.147. The van der Waals surface area contributed by atoms with Gasteiger partial charge in [-0.05, 0) is 30.3 Å². The van der Waals surface area contributed by atoms with Gasteiger partial charge in [0.1, 0.15) is 11.4 Å². The second-order valence-corrected chi connectivity index (χ2v) is 16.5. The molecule has 1 radical (unpaired) electrons. The third-order valence-corrected chi connectivity index (χ3v) is 14.3. The molecular weight excluding hydrogens is 523 g/mol. The van der Waals surface area contributed by atoms with Crippen LogP contribution in [-0.4, -0.2) is 42.2 Å². The SMILES string of the molecule is CCC[CH2][Sn]([CH2]CCC)[CH2]CCC.O=Cc1cc(N=Nc2ccccc2C(=O)O)ccc1O. The Hall–Kier alpha value is -2.22. The van der Waals surface area contributed by atoms with Gasteiger partial charge in [0.15, 0.2) is 6.29 Å². The van der Waals surface area contributed by atoms with Crippen molar-refractivity contribution in [2.45, 2.75) is 72.6 Å². The van der Waals surface area contributed by atoms with E-state index in [0.717, 1.165) is 0 Å². The van der Waals surface area contributed by atoms with Crippen molar-refractivity contribution < 1.29 is 19.8 Å². The van der Waals surface area contributed by atoms with Gasteiger partial charge >= 0.3 is 98.3 Å². The molecule has 0 bridgehead atoms. The second kappa shape index (κ2) is 17.3. The molecule has 2 aromatic carbocycles. The number of aromatic carboxylic acids is 1. The predicted molar refractivity (Wildman–Crippen MR) is 136 cm³/mol. The van der Waals surface area contributed by atoms with E-state index in [9.17, 15) is 14.7 Å². The van der Waals surface area contributed by atoms with Gasteiger partial charge in [-0.15, -0.1) is 5.11 Å². The molecule has 2 aromatic rings. The van der Waals surface area contributed by atoms with Gasteiger partial charge in [-0.1, -0.05) is 12.1 Å². The number of unbranched alkanes of at least 4 members (excludes halogenated alkanes) is 3. The van der Waals surface area contributed by atoms with E-state index < -0.39 is 25.7 Å². The average Bonchev–Trinajstić information content (AvgIpc) is 2.83. The van der Waals surface area contributed by atoms with Gasteiger partial charge in [0.05, 0.1) is 16.8 Å². The van der Waals surface area contributed by atoms with E-state index in [4.69, 9.17) is 5.11 Å². The zero-order chi connectivity index (χ0) is 24.5. The van der Waals surface area contributed by atoms with Gasteiger partial charge in [0, 0.05) is 0 Å². The number of hydrogen-bond acceptors (Lipinski definition) is 5. The number of aldehydes is 1. The Morgan fingerprint density at radius 1 is 0.909 bits per heavy atom. The van der Waals surface area contributed by atoms with Crippen LogP contribution in [0.4, 0.5) is 11.4 Å². The Morgan fingerprint density at radius 2 is 1.48 bits per heavy atom. The number of aromatic hydroxyl groups is 1. The number of nitrogens with zero attached hydrogens (tertiary/aromatic N) is 2. The molecule has 2 rings (SSSR count). The van der Waals surface area contributed by atoms with E-state index in [1.54, 1.807) is 25.4 Å². The summed E-state index contributed by atoms with van der Waals surface area (Å²) in [5.41, 5.74) is 0.671. The summed E-state index contributed by atoms with van der Waals surface area (Å²) < 4.78 is 5.04. The minimum Gasteiger partial charge on any atom is -0.507 e. The molecule has 0 aliphatic carbocycles. The molecule has 0 aromatic heterocycles. The Bertz CT molecular complexity index is 867. The topological polar surface area (TPSA) is 99.3 Å². The number of phenolic OH excluding ortho intramolecular Hbond substituents is 1. The van der Waals surface area contributed by atoms with Crippen molar-refractivity contribution in [2.24, 2.45) is 10.2 Å². The first-order chi connectivity index (χ1) is 16.0. The maximum absolute atomic E-state index is 11.0. The monoisotopic (exact) mass is 561 g/mol. The van der Waals surface area contributed by atoms with E-state index in [-0.39, 0.29) is 22.6 Å². The fraction of sp³-hybridized carbons (Fsp3) is 0.462. The minimum atomic E-state index is -1.10. The minimum absolute atomic E-state index is 0.0330. The summed E-state index contributed by atoms with van der Waals surface area (Å²) in [4.78, 5) is 21.7. The van der Waals surface area contributed by atoms with Crippen LogP contribution < -0.4 is 0 Å². The standard InChI is InChI=1S/C14H10N2O4.3C4H9.Sn/c17-8-9-7-10(5-6-13(9)18)15-16-12-4-2-1-3-11(12)14(19)20;3*1-3-4-2;/h1-8,18H,(H,19,20);3*1,3-4H2,2H3;. The fourth-order valence-corrected chi connectivity index (χ4v) is 12.7. The number of benzene rings is 2. The smallest absolute Gasteiger partial charge is 0.337 e. The van der Waals surface area contributed by atoms with E-state index in [0.29, 0.717) is 12.0 Å². The van der Waals surface area contributed by atoms with Gasteiger partial charge in [-0.25, -0.2) is 4.79 Å². The second-order valence-electron chi connectivity index (χ2n) is 7.94. The average molecular weight is 560 g/mol. The molecule has 0 spiro atoms. The molecule has 0 unspecified atom stereocenters. The molecule has 179 valence electrons. The van der Waals surface area contributed by atoms with Gasteiger partial charge in [0.25, 0.3) is 0 Å². The summed E-state index contributed by atoms with van der Waals surface area (Å²) in [5, 5.41) is 26.1. The number of phenols is 1. The maximum Gasteiger partial charge on any atom is 0.337 e. The van der Waals surface area contributed by atoms with Gasteiger partial charge in [0.2, 0.25) is 0 Å². The number of azo groups is 1. The van der Waals surface area contributed by atoms with Crippen molar-refractivity contribution in [1.29, 1.82) is 0 Å². The predicted octanol–water partition coefficient (Wildman–Crippen LogP) is 8.20. The van der Waals surface area contributed by atoms with Crippen LogP contribution in [0.3, 0.4) is 0 Å². The largest absolute Gasteiger partial charge is 0.507 e. The summed E-state index contributed by atoms with van der Waals surface area (Å²) >= 11 is -0.839. The molecule has 0 aliphatic rings. The molecule has 33 heavy (non-hydrogen) atoms. The van der Waals surface area contributed by atoms with Crippen LogP contribution in [0.5, 0.6) is 5.75 Å². The molecule has 0 saturated carbocycles. The zero-order valence-electron chi connectivity index (χ0n) is 20.1. The third-order valence-electron chi connectivity index (χ3n) is 5.20. The van der Waals surface area contributed by atoms with E-state index in [2.05, 4.69) is 31.0 Å². The van der Waals surface area contributed by atoms with Crippen molar-refractivity contribution in [3.8, 4) is 5.75 Å². The van der Waals surface area contributed by atoms with E-state index in [1.165, 1.54) is 68.9 Å². The zero-order valence-corrected chi connectivity index (χ0v) is 22.9. The Kier molecular flexibility index (Phi) is 15.1. The molecule has 0 heterocycles. The normalized spacial score (nSPS) is 10.8. The number of carboxylic acid groups (broad SMARTS) is 1. The van der Waals surface area contributed by atoms with E-state index in [1.807, 2.05) is 0 Å². The summed E-state index contributed by atoms with van der Waals surface area (Å²) in [6.45, 7) is 7.00. The summed E-state index contributed by atoms with van der Waals surface area (Å²) in [7, 11) is 0. The Balaban J connectivity index is 0.000000366. The maximum atomic E-state index is 11.0. The number of carbonyl (C=O) groups is 2. The first-order valence-electron chi connectivity index (χ1n) is 11.8. The van der Waals surface area contributed by atoms with Gasteiger partial charge in [-0.2, -0.15) is 5.11 Å². The molecule has 7 heteroatoms. The van der Waals surface area contributed by atoms with Crippen LogP contribution in [0, 0.1) is 0 Å². The van der Waals surface area contributed by atoms with Crippen LogP contribution in [0.15, 0.2) is 52.7 Å². The first kappa shape index (κ1) is 28.8. The van der Waals surface area contributed by atoms with Crippen LogP contribution >= 0.6 is 0 Å². The molecule has 0 fully saturated rings. The van der Waals surface area contributed by atoms with Crippen molar-refractivity contribution in [2.75, 3.05) is 0 Å². The molecular formula is C26H37N2O4Sn. The molecule has 0 amide bonds. The van der Waals surface area contributed by atoms with E-state index >= 15 is 0 Å². The van der Waals surface area contributed by atoms with Gasteiger partial charge in [-0.3, -0.25) is 4.79 Å². The van der Waals surface area contributed by atoms with Crippen LogP contribution in [0.2, 0.25) is 13.3 Å². The molecule has 2 N–H and O–H groups in total. The molecule has 0 saturated heterocycles. The first-order valence-corrected chi connectivity index (χ1v) is 17.9. The van der Waals surface area contributed by atoms with Crippen LogP contribution in [0.1, 0.15) is 80.0 Å². The van der Waals surface area contributed by atoms with Crippen molar-refractivity contribution in [1.82, 2.24) is 0 Å². The number of carboxylic acids is 1. The van der Waals surface area contributed by atoms with Gasteiger partial charge < -0.3 is 10.2 Å². The molecule has 0 atom stereocenters. The molecule has 0 aliphatic heterocycles. The molecule has 6 nitrogen and oxygen atoms in total. The van der Waals surface area contributed by atoms with Crippen molar-refractivity contribution >= 4 is 43.4 Å². The number of hydrogen-bond donors (Lipinski definition) is 2. The van der Waals surface area contributed by atoms with Crippen LogP contribution in [-0.2, 0) is 0 Å². The summed E-state index contributed by atoms with van der Waals surface area (Å²) in [6.07, 6.45) is 9.35. The van der Waals surface area contributed by atoms with Crippen molar-refractivity contribution in [3.63, 3.8) is 0 Å². The Morgan fingerprint density at radius 3 is 2.00 bits per heavy atom. The Labute approximate surface area is 204 Å².